The number of allylic oxidation sites excluding steroid dienone is 4. The SMILES string of the molecule is C=C/C=c1\c(=C/C=C)n2c(/C=C\C)c(/C=C\C)nc2c2ccccc12. The molecular weight excluding hydrogens is 304 g/mol. The van der Waals surface area contributed by atoms with E-state index in [1.807, 2.05) is 56.4 Å². The Bertz CT molecular complexity index is 1140. The molecule has 124 valence electrons. The number of pyridine rings is 1. The van der Waals surface area contributed by atoms with E-state index < -0.39 is 0 Å². The van der Waals surface area contributed by atoms with E-state index in [4.69, 9.17) is 4.98 Å². The van der Waals surface area contributed by atoms with E-state index in [2.05, 4.69) is 47.9 Å². The van der Waals surface area contributed by atoms with Crippen LogP contribution in [-0.2, 0) is 0 Å². The van der Waals surface area contributed by atoms with Crippen LogP contribution in [-0.4, -0.2) is 9.38 Å². The van der Waals surface area contributed by atoms with Gasteiger partial charge in [-0.15, -0.1) is 0 Å². The van der Waals surface area contributed by atoms with E-state index in [1.165, 1.54) is 0 Å². The van der Waals surface area contributed by atoms with Crippen molar-refractivity contribution in [2.45, 2.75) is 13.8 Å². The quantitative estimate of drug-likeness (QED) is 0.690. The van der Waals surface area contributed by atoms with Gasteiger partial charge in [-0.3, -0.25) is 4.40 Å². The smallest absolute Gasteiger partial charge is 0.146 e. The molecule has 25 heavy (non-hydrogen) atoms. The first-order valence-electron chi connectivity index (χ1n) is 8.40. The average Bonchev–Trinajstić information content (AvgIpc) is 2.97. The third-order valence-electron chi connectivity index (χ3n) is 4.13. The summed E-state index contributed by atoms with van der Waals surface area (Å²) in [6.07, 6.45) is 15.9. The van der Waals surface area contributed by atoms with Crippen molar-refractivity contribution in [2.75, 3.05) is 0 Å². The van der Waals surface area contributed by atoms with E-state index in [-0.39, 0.29) is 0 Å². The largest absolute Gasteiger partial charge is 0.292 e. The van der Waals surface area contributed by atoms with E-state index >= 15 is 0 Å². The van der Waals surface area contributed by atoms with Gasteiger partial charge in [0.05, 0.1) is 16.7 Å². The highest BCUT2D eigenvalue weighted by molar-refractivity contribution is 5.96. The topological polar surface area (TPSA) is 17.3 Å². The summed E-state index contributed by atoms with van der Waals surface area (Å²) in [5, 5.41) is 4.46. The molecule has 0 aliphatic carbocycles. The van der Waals surface area contributed by atoms with Gasteiger partial charge in [-0.2, -0.15) is 0 Å². The van der Waals surface area contributed by atoms with Crippen molar-refractivity contribution in [3.8, 4) is 0 Å². The zero-order valence-corrected chi connectivity index (χ0v) is 14.7. The second-order valence-electron chi connectivity index (χ2n) is 5.69. The summed E-state index contributed by atoms with van der Waals surface area (Å²) in [6, 6.07) is 8.36. The maximum absolute atomic E-state index is 4.92. The van der Waals surface area contributed by atoms with Crippen LogP contribution in [0.15, 0.2) is 61.7 Å². The molecule has 3 rings (SSSR count). The summed E-state index contributed by atoms with van der Waals surface area (Å²) in [4.78, 5) is 4.92. The molecule has 0 amide bonds. The number of imidazole rings is 1. The highest BCUT2D eigenvalue weighted by Crippen LogP contribution is 2.20. The zero-order valence-electron chi connectivity index (χ0n) is 14.7. The van der Waals surface area contributed by atoms with Crippen LogP contribution in [0, 0.1) is 0 Å². The molecule has 0 aliphatic heterocycles. The Balaban J connectivity index is 2.76. The van der Waals surface area contributed by atoms with Gasteiger partial charge in [0.1, 0.15) is 5.65 Å². The molecule has 0 saturated carbocycles. The average molecular weight is 326 g/mol. The van der Waals surface area contributed by atoms with Crippen molar-refractivity contribution in [1.82, 2.24) is 9.38 Å². The van der Waals surface area contributed by atoms with Gasteiger partial charge in [-0.1, -0.05) is 67.8 Å². The van der Waals surface area contributed by atoms with Crippen LogP contribution in [0.4, 0.5) is 0 Å². The number of hydrogen-bond donors (Lipinski definition) is 0. The minimum absolute atomic E-state index is 0.950. The number of benzene rings is 1. The van der Waals surface area contributed by atoms with Gasteiger partial charge in [0.25, 0.3) is 0 Å². The lowest BCUT2D eigenvalue weighted by Gasteiger charge is -2.06. The number of rotatable bonds is 4. The third kappa shape index (κ3) is 2.76. The lowest BCUT2D eigenvalue weighted by Crippen LogP contribution is -2.32. The van der Waals surface area contributed by atoms with Crippen LogP contribution in [0.5, 0.6) is 0 Å². The van der Waals surface area contributed by atoms with Crippen LogP contribution >= 0.6 is 0 Å². The lowest BCUT2D eigenvalue weighted by atomic mass is 10.1. The fraction of sp³-hybridized carbons (Fsp3) is 0.0870. The van der Waals surface area contributed by atoms with Crippen LogP contribution in [0.2, 0.25) is 0 Å². The highest BCUT2D eigenvalue weighted by atomic mass is 15.0. The first-order chi connectivity index (χ1) is 12.3. The molecule has 3 aromatic rings. The normalized spacial score (nSPS) is 13.7. The Morgan fingerprint density at radius 3 is 2.24 bits per heavy atom. The lowest BCUT2D eigenvalue weighted by molar-refractivity contribution is 1.11. The van der Waals surface area contributed by atoms with Gasteiger partial charge in [0, 0.05) is 10.6 Å². The Kier molecular flexibility index (Phi) is 4.80. The van der Waals surface area contributed by atoms with Crippen molar-refractivity contribution in [1.29, 1.82) is 0 Å². The first kappa shape index (κ1) is 16.7. The molecule has 0 atom stereocenters. The monoisotopic (exact) mass is 326 g/mol. The molecule has 0 bridgehead atoms. The van der Waals surface area contributed by atoms with E-state index in [0.717, 1.165) is 38.4 Å². The molecule has 0 radical (unpaired) electrons. The van der Waals surface area contributed by atoms with E-state index in [1.54, 1.807) is 0 Å². The predicted octanol–water partition coefficient (Wildman–Crippen LogP) is 4.49. The fourth-order valence-corrected chi connectivity index (χ4v) is 3.21. The molecule has 0 aliphatic rings. The van der Waals surface area contributed by atoms with Gasteiger partial charge in [-0.05, 0) is 37.5 Å². The molecule has 2 heteroatoms. The summed E-state index contributed by atoms with van der Waals surface area (Å²) >= 11 is 0. The molecule has 0 spiro atoms. The molecule has 2 aromatic heterocycles. The van der Waals surface area contributed by atoms with Gasteiger partial charge < -0.3 is 0 Å². The first-order valence-corrected chi connectivity index (χ1v) is 8.40. The highest BCUT2D eigenvalue weighted by Gasteiger charge is 2.13. The fourth-order valence-electron chi connectivity index (χ4n) is 3.21. The van der Waals surface area contributed by atoms with E-state index in [0.29, 0.717) is 0 Å². The minimum atomic E-state index is 0.950. The minimum Gasteiger partial charge on any atom is -0.292 e. The number of hydrogen-bond acceptors (Lipinski definition) is 1. The Morgan fingerprint density at radius 2 is 1.60 bits per heavy atom. The number of aromatic nitrogens is 2. The summed E-state index contributed by atoms with van der Waals surface area (Å²) in [5.74, 6) is 0. The summed E-state index contributed by atoms with van der Waals surface area (Å²) < 4.78 is 2.20. The summed E-state index contributed by atoms with van der Waals surface area (Å²) in [5.41, 5.74) is 2.97. The Morgan fingerprint density at radius 1 is 0.920 bits per heavy atom. The molecule has 0 N–H and O–H groups in total. The molecular formula is C23H22N2. The Hall–Kier alpha value is -3.13. The standard InChI is InChI=1S/C23H22N2/c1-5-11-18-17-15-9-10-16-19(17)23-24-20(12-6-2)22(14-8-4)25(23)21(18)13-7-3/h5-16H,1,3H2,2,4H3/b12-6-,14-8-,18-11-,21-13+. The van der Waals surface area contributed by atoms with Gasteiger partial charge >= 0.3 is 0 Å². The van der Waals surface area contributed by atoms with Crippen molar-refractivity contribution < 1.29 is 0 Å². The van der Waals surface area contributed by atoms with Crippen molar-refractivity contribution in [3.63, 3.8) is 0 Å². The molecule has 1 aromatic carbocycles. The molecule has 0 saturated heterocycles. The summed E-state index contributed by atoms with van der Waals surface area (Å²) in [7, 11) is 0. The van der Waals surface area contributed by atoms with Gasteiger partial charge in [-0.25, -0.2) is 4.98 Å². The number of nitrogens with zero attached hydrogens (tertiary/aromatic N) is 2. The molecule has 0 unspecified atom stereocenters. The molecule has 0 fully saturated rings. The van der Waals surface area contributed by atoms with E-state index in [9.17, 15) is 0 Å². The summed E-state index contributed by atoms with van der Waals surface area (Å²) in [6.45, 7) is 11.8. The van der Waals surface area contributed by atoms with Crippen molar-refractivity contribution in [2.24, 2.45) is 0 Å². The van der Waals surface area contributed by atoms with Crippen LogP contribution in [0.25, 0.3) is 40.7 Å². The van der Waals surface area contributed by atoms with Crippen LogP contribution in [0.1, 0.15) is 25.2 Å². The van der Waals surface area contributed by atoms with Crippen LogP contribution < -0.4 is 10.6 Å². The van der Waals surface area contributed by atoms with Crippen molar-refractivity contribution >= 4 is 40.7 Å². The Labute approximate surface area is 148 Å². The molecule has 2 nitrogen and oxygen atoms in total. The second-order valence-corrected chi connectivity index (χ2v) is 5.69. The zero-order chi connectivity index (χ0) is 17.8. The maximum Gasteiger partial charge on any atom is 0.146 e. The van der Waals surface area contributed by atoms with Crippen molar-refractivity contribution in [3.05, 3.63) is 83.7 Å². The van der Waals surface area contributed by atoms with Gasteiger partial charge in [0.2, 0.25) is 0 Å². The second kappa shape index (κ2) is 7.18. The molecule has 2 heterocycles. The van der Waals surface area contributed by atoms with Gasteiger partial charge in [0.15, 0.2) is 0 Å². The third-order valence-corrected chi connectivity index (χ3v) is 4.13. The maximum atomic E-state index is 4.92. The van der Waals surface area contributed by atoms with Crippen LogP contribution in [0.3, 0.4) is 0 Å². The number of fused-ring (bicyclic) bond motifs is 3. The predicted molar refractivity (Wildman–Crippen MR) is 111 cm³/mol.